The first-order valence-electron chi connectivity index (χ1n) is 8.84. The van der Waals surface area contributed by atoms with Gasteiger partial charge in [-0.1, -0.05) is 17.8 Å². The molecule has 0 fully saturated rings. The Hall–Kier alpha value is -1.89. The van der Waals surface area contributed by atoms with E-state index in [1.165, 1.54) is 30.3 Å². The molecule has 0 N–H and O–H groups in total. The van der Waals surface area contributed by atoms with Crippen molar-refractivity contribution < 1.29 is 4.79 Å². The van der Waals surface area contributed by atoms with E-state index in [0.29, 0.717) is 23.2 Å². The van der Waals surface area contributed by atoms with Gasteiger partial charge in [-0.25, -0.2) is 9.50 Å². The molecule has 0 atom stereocenters. The number of carbonyl (C=O) groups excluding carboxylic acids is 1. The maximum Gasteiger partial charge on any atom is 0.253 e. The van der Waals surface area contributed by atoms with E-state index in [-0.39, 0.29) is 5.91 Å². The van der Waals surface area contributed by atoms with Gasteiger partial charge in [0.15, 0.2) is 0 Å². The summed E-state index contributed by atoms with van der Waals surface area (Å²) in [6.07, 6.45) is 6.67. The van der Waals surface area contributed by atoms with Gasteiger partial charge in [-0.2, -0.15) is 4.98 Å². The van der Waals surface area contributed by atoms with Gasteiger partial charge in [0.25, 0.3) is 5.78 Å². The molecule has 0 aromatic carbocycles. The van der Waals surface area contributed by atoms with Crippen molar-refractivity contribution in [2.75, 3.05) is 12.3 Å². The minimum Gasteiger partial charge on any atom is -0.316 e. The first-order chi connectivity index (χ1) is 12.0. The molecule has 2 heterocycles. The number of rotatable bonds is 5. The molecular formula is C18H25N5OS. The molecule has 1 amide bonds. The lowest BCUT2D eigenvalue weighted by molar-refractivity contribution is -0.126. The van der Waals surface area contributed by atoms with Gasteiger partial charge in [0, 0.05) is 23.6 Å². The average Bonchev–Trinajstić information content (AvgIpc) is 3.02. The van der Waals surface area contributed by atoms with E-state index in [9.17, 15) is 4.79 Å². The summed E-state index contributed by atoms with van der Waals surface area (Å²) in [5.41, 5.74) is 4.29. The molecule has 0 saturated heterocycles. The van der Waals surface area contributed by atoms with Crippen LogP contribution < -0.4 is 0 Å². The summed E-state index contributed by atoms with van der Waals surface area (Å²) in [7, 11) is 0. The first kappa shape index (κ1) is 17.9. The van der Waals surface area contributed by atoms with Gasteiger partial charge in [0.05, 0.1) is 5.75 Å². The highest BCUT2D eigenvalue weighted by Gasteiger charge is 2.19. The van der Waals surface area contributed by atoms with Gasteiger partial charge < -0.3 is 4.90 Å². The molecule has 7 heteroatoms. The standard InChI is InChI=1S/C18H25N5OS/c1-5-22(15-9-7-6-8-10-15)16(24)11-25-18-20-17-19-13(3)12(2)14(4)23(17)21-18/h9H,5-8,10-11H2,1-4H3. The van der Waals surface area contributed by atoms with Gasteiger partial charge in [0.2, 0.25) is 11.1 Å². The van der Waals surface area contributed by atoms with Crippen LogP contribution in [0, 0.1) is 20.8 Å². The topological polar surface area (TPSA) is 63.4 Å². The van der Waals surface area contributed by atoms with E-state index in [0.717, 1.165) is 29.8 Å². The Morgan fingerprint density at radius 3 is 2.76 bits per heavy atom. The van der Waals surface area contributed by atoms with E-state index < -0.39 is 0 Å². The van der Waals surface area contributed by atoms with Crippen molar-refractivity contribution in [2.24, 2.45) is 0 Å². The molecule has 6 nitrogen and oxygen atoms in total. The SMILES string of the molecule is CCN(C(=O)CSc1nc2nc(C)c(C)c(C)n2n1)C1=CCCCC1. The van der Waals surface area contributed by atoms with Crippen LogP contribution in [-0.4, -0.2) is 42.7 Å². The zero-order chi connectivity index (χ0) is 18.0. The van der Waals surface area contributed by atoms with Crippen LogP contribution in [0.1, 0.15) is 49.6 Å². The second kappa shape index (κ2) is 7.56. The quantitative estimate of drug-likeness (QED) is 0.765. The Bertz CT molecular complexity index is 826. The van der Waals surface area contributed by atoms with Crippen LogP contribution in [0.5, 0.6) is 0 Å². The minimum absolute atomic E-state index is 0.122. The van der Waals surface area contributed by atoms with Crippen LogP contribution in [0.25, 0.3) is 5.78 Å². The van der Waals surface area contributed by atoms with Crippen LogP contribution in [0.4, 0.5) is 0 Å². The first-order valence-corrected chi connectivity index (χ1v) is 9.82. The maximum atomic E-state index is 12.6. The van der Waals surface area contributed by atoms with Crippen molar-refractivity contribution in [2.45, 2.75) is 58.5 Å². The van der Waals surface area contributed by atoms with E-state index >= 15 is 0 Å². The molecule has 0 spiro atoms. The summed E-state index contributed by atoms with van der Waals surface area (Å²) in [6, 6.07) is 0. The largest absolute Gasteiger partial charge is 0.316 e. The van der Waals surface area contributed by atoms with Crippen LogP contribution >= 0.6 is 11.8 Å². The fraction of sp³-hybridized carbons (Fsp3) is 0.556. The molecule has 25 heavy (non-hydrogen) atoms. The highest BCUT2D eigenvalue weighted by atomic mass is 32.2. The molecule has 1 aliphatic carbocycles. The fourth-order valence-electron chi connectivity index (χ4n) is 3.11. The molecule has 134 valence electrons. The predicted molar refractivity (Wildman–Crippen MR) is 99.7 cm³/mol. The number of aryl methyl sites for hydroxylation is 2. The Morgan fingerprint density at radius 2 is 2.08 bits per heavy atom. The lowest BCUT2D eigenvalue weighted by Gasteiger charge is -2.26. The van der Waals surface area contributed by atoms with E-state index in [1.54, 1.807) is 4.52 Å². The summed E-state index contributed by atoms with van der Waals surface area (Å²) >= 11 is 1.38. The molecule has 0 aliphatic heterocycles. The van der Waals surface area contributed by atoms with Crippen LogP contribution in [-0.2, 0) is 4.79 Å². The fourth-order valence-corrected chi connectivity index (χ4v) is 3.80. The van der Waals surface area contributed by atoms with Crippen molar-refractivity contribution in [3.63, 3.8) is 0 Å². The Morgan fingerprint density at radius 1 is 1.28 bits per heavy atom. The molecule has 0 unspecified atom stereocenters. The van der Waals surface area contributed by atoms with Gasteiger partial charge in [-0.15, -0.1) is 5.10 Å². The smallest absolute Gasteiger partial charge is 0.253 e. The number of fused-ring (bicyclic) bond motifs is 1. The second-order valence-corrected chi connectivity index (χ2v) is 7.32. The lowest BCUT2D eigenvalue weighted by Crippen LogP contribution is -2.32. The minimum atomic E-state index is 0.122. The van der Waals surface area contributed by atoms with Crippen molar-refractivity contribution >= 4 is 23.4 Å². The highest BCUT2D eigenvalue weighted by molar-refractivity contribution is 7.99. The van der Waals surface area contributed by atoms with Crippen molar-refractivity contribution in [1.82, 2.24) is 24.5 Å². The highest BCUT2D eigenvalue weighted by Crippen LogP contribution is 2.23. The van der Waals surface area contributed by atoms with Crippen molar-refractivity contribution in [1.29, 1.82) is 0 Å². The zero-order valence-electron chi connectivity index (χ0n) is 15.4. The van der Waals surface area contributed by atoms with Crippen molar-refractivity contribution in [3.05, 3.63) is 28.7 Å². The Balaban J connectivity index is 1.72. The zero-order valence-corrected chi connectivity index (χ0v) is 16.2. The number of thioether (sulfide) groups is 1. The second-order valence-electron chi connectivity index (χ2n) is 6.38. The van der Waals surface area contributed by atoms with E-state index in [1.807, 2.05) is 32.6 Å². The summed E-state index contributed by atoms with van der Waals surface area (Å²) in [4.78, 5) is 23.5. The van der Waals surface area contributed by atoms with E-state index in [2.05, 4.69) is 21.1 Å². The molecule has 2 aromatic rings. The van der Waals surface area contributed by atoms with Crippen LogP contribution in [0.15, 0.2) is 16.9 Å². The summed E-state index contributed by atoms with van der Waals surface area (Å²) < 4.78 is 1.76. The van der Waals surface area contributed by atoms with Crippen molar-refractivity contribution in [3.8, 4) is 0 Å². The van der Waals surface area contributed by atoms with Gasteiger partial charge in [-0.3, -0.25) is 4.79 Å². The van der Waals surface area contributed by atoms with Crippen LogP contribution in [0.3, 0.4) is 0 Å². The molecule has 0 bridgehead atoms. The molecule has 2 aromatic heterocycles. The van der Waals surface area contributed by atoms with Gasteiger partial charge in [-0.05, 0) is 58.9 Å². The van der Waals surface area contributed by atoms with Gasteiger partial charge in [0.1, 0.15) is 0 Å². The molecule has 3 rings (SSSR count). The third-order valence-corrected chi connectivity index (χ3v) is 5.62. The van der Waals surface area contributed by atoms with Crippen LogP contribution in [0.2, 0.25) is 0 Å². The number of amides is 1. The maximum absolute atomic E-state index is 12.6. The normalized spacial score (nSPS) is 14.6. The summed E-state index contributed by atoms with van der Waals surface area (Å²) in [6.45, 7) is 8.76. The Labute approximate surface area is 152 Å². The third-order valence-electron chi connectivity index (χ3n) is 4.80. The number of hydrogen-bond donors (Lipinski definition) is 0. The number of nitrogens with zero attached hydrogens (tertiary/aromatic N) is 5. The summed E-state index contributed by atoms with van der Waals surface area (Å²) in [5.74, 6) is 1.06. The average molecular weight is 359 g/mol. The number of hydrogen-bond acceptors (Lipinski definition) is 5. The molecule has 0 radical (unpaired) electrons. The van der Waals surface area contributed by atoms with E-state index in [4.69, 9.17) is 0 Å². The van der Waals surface area contributed by atoms with Gasteiger partial charge >= 0.3 is 0 Å². The Kier molecular flexibility index (Phi) is 5.42. The summed E-state index contributed by atoms with van der Waals surface area (Å²) in [5, 5.41) is 5.10. The molecular weight excluding hydrogens is 334 g/mol. The lowest BCUT2D eigenvalue weighted by atomic mass is 10.0. The monoisotopic (exact) mass is 359 g/mol. The predicted octanol–water partition coefficient (Wildman–Crippen LogP) is 3.45. The number of carbonyl (C=O) groups is 1. The molecule has 1 aliphatic rings. The number of aromatic nitrogens is 4. The molecule has 0 saturated carbocycles. The third kappa shape index (κ3) is 3.71. The number of allylic oxidation sites excluding steroid dienone is 2.